The summed E-state index contributed by atoms with van der Waals surface area (Å²) in [6.07, 6.45) is -2.88. The molecule has 0 saturated heterocycles. The number of hydrogen-bond acceptors (Lipinski definition) is 16. The number of esters is 2. The summed E-state index contributed by atoms with van der Waals surface area (Å²) in [6, 6.07) is 39.7. The summed E-state index contributed by atoms with van der Waals surface area (Å²) in [5.74, 6) is 1.34. The largest absolute Gasteiger partial charge is 0.475 e. The highest BCUT2D eigenvalue weighted by molar-refractivity contribution is 6.31. The van der Waals surface area contributed by atoms with Gasteiger partial charge in [-0.15, -0.1) is 10.2 Å². The number of hydrogen-bond donors (Lipinski definition) is 8. The van der Waals surface area contributed by atoms with Crippen molar-refractivity contribution in [2.24, 2.45) is 17.7 Å². The minimum atomic E-state index is -1.57. The van der Waals surface area contributed by atoms with Crippen molar-refractivity contribution in [3.05, 3.63) is 211 Å². The van der Waals surface area contributed by atoms with E-state index >= 15 is 0 Å². The number of carbonyl (C=O) groups excluding carboxylic acids is 3. The van der Waals surface area contributed by atoms with E-state index < -0.39 is 53.2 Å². The van der Waals surface area contributed by atoms with Crippen molar-refractivity contribution in [2.45, 2.75) is 59.9 Å². The molecule has 8 rings (SSSR count). The summed E-state index contributed by atoms with van der Waals surface area (Å²) in [6.45, 7) is 9.94. The quantitative estimate of drug-likeness (QED) is 0.0198. The van der Waals surface area contributed by atoms with Crippen LogP contribution in [0.4, 0.5) is 8.78 Å². The number of benzene rings is 6. The van der Waals surface area contributed by atoms with Crippen LogP contribution in [0.15, 0.2) is 155 Å². The number of para-hydroxylation sites is 2. The van der Waals surface area contributed by atoms with Crippen molar-refractivity contribution in [1.82, 2.24) is 45.0 Å². The number of hydrazine groups is 2. The normalized spacial score (nSPS) is 11.6. The van der Waals surface area contributed by atoms with Gasteiger partial charge in [0.05, 0.1) is 37.7 Å². The fourth-order valence-corrected chi connectivity index (χ4v) is 7.73. The van der Waals surface area contributed by atoms with Gasteiger partial charge in [0.25, 0.3) is 0 Å². The van der Waals surface area contributed by atoms with Crippen LogP contribution in [-0.4, -0.2) is 129 Å². The summed E-state index contributed by atoms with van der Waals surface area (Å²) in [5, 5.41) is 48.1. The molecule has 0 unspecified atom stereocenters. The molecule has 0 radical (unpaired) electrons. The summed E-state index contributed by atoms with van der Waals surface area (Å²) >= 11 is 11.9. The van der Waals surface area contributed by atoms with E-state index in [1.807, 2.05) is 27.7 Å². The molecule has 0 aliphatic heterocycles. The Hall–Kier alpha value is -8.72. The highest BCUT2D eigenvalue weighted by atomic mass is 35.5. The number of aromatic nitrogens is 6. The topological polar surface area (TPSA) is 314 Å². The van der Waals surface area contributed by atoms with Gasteiger partial charge in [-0.1, -0.05) is 136 Å². The number of carboxylic acids is 1. The number of ether oxygens (including phenoxy) is 2. The second-order valence-corrected chi connectivity index (χ2v) is 20.5. The number of H-pyrrole nitrogens is 2. The maximum atomic E-state index is 14.3. The van der Waals surface area contributed by atoms with Gasteiger partial charge in [0.15, 0.2) is 12.2 Å². The number of nitrogens with two attached hydrogens (primary N) is 1. The Bertz CT molecular complexity index is 3590. The van der Waals surface area contributed by atoms with E-state index in [1.54, 1.807) is 122 Å². The van der Waals surface area contributed by atoms with Gasteiger partial charge in [0, 0.05) is 40.9 Å². The van der Waals surface area contributed by atoms with Crippen molar-refractivity contribution in [3.63, 3.8) is 0 Å². The predicted octanol–water partition coefficient (Wildman–Crippen LogP) is 7.37. The molecule has 0 bridgehead atoms. The molecule has 22 nitrogen and oxygen atoms in total. The number of nitrogens with zero attached hydrogens (tertiary/aromatic N) is 6. The number of nitrogens with one attached hydrogen (secondary N) is 3. The van der Waals surface area contributed by atoms with Crippen LogP contribution < -0.4 is 22.6 Å². The van der Waals surface area contributed by atoms with Gasteiger partial charge in [-0.2, -0.15) is 9.36 Å². The zero-order valence-corrected chi connectivity index (χ0v) is 49.0. The van der Waals surface area contributed by atoms with Gasteiger partial charge < -0.3 is 29.9 Å². The zero-order chi connectivity index (χ0) is 63.0. The van der Waals surface area contributed by atoms with Gasteiger partial charge >= 0.3 is 35.2 Å². The standard InChI is InChI=1S/C29H29ClFN5O5.C18H20ClFN2O3.C9H7N3O3.C4H10O/c1-18(2)17-41-28(39)25(37)16-35(15-19-8-10-20(11-9-19)23-14-21(30)12-13-24(23)31)34-27(38)26-32-29(40)36(33-26)22-6-4-3-5-7-22;1-2-25-18(24)17(23)11-22(21)10-12-3-5-13(6-4-12)15-9-14(19)7-8-16(15)20;13-8(14)7-10-9(15)12(11-7)6-4-2-1-3-5-6;1-4(2)3-5/h3-14,18,25,37H,15-17H2,1-2H3,(H,34,38)(H,32,33,40);3-9,17,23H,2,10-11,21H2,1H3;1-5H,(H,13,14)(H,10,11,15);4-5H,3H2,1-2H3/t25-;17-;;/m11../s1. The van der Waals surface area contributed by atoms with Gasteiger partial charge in [-0.3, -0.25) is 26.0 Å². The van der Waals surface area contributed by atoms with Crippen LogP contribution in [0, 0.1) is 23.5 Å². The first-order chi connectivity index (χ1) is 41.0. The first kappa shape index (κ1) is 68.1. The highest BCUT2D eigenvalue weighted by Gasteiger charge is 2.25. The molecule has 86 heavy (non-hydrogen) atoms. The number of rotatable bonds is 21. The molecule has 0 spiro atoms. The van der Waals surface area contributed by atoms with Crippen LogP contribution in [0.25, 0.3) is 33.6 Å². The van der Waals surface area contributed by atoms with E-state index in [9.17, 15) is 47.8 Å². The third-order valence-electron chi connectivity index (χ3n) is 11.6. The van der Waals surface area contributed by atoms with Gasteiger partial charge in [0.2, 0.25) is 11.6 Å². The molecule has 0 saturated carbocycles. The first-order valence-corrected chi connectivity index (χ1v) is 27.4. The molecule has 1 amide bonds. The Labute approximate surface area is 502 Å². The minimum Gasteiger partial charge on any atom is -0.475 e. The minimum absolute atomic E-state index is 0.0438. The molecule has 9 N–H and O–H groups in total. The molecular weight excluding hydrogens is 1160 g/mol. The fraction of sp³-hybridized carbons (Fsp3) is 0.267. The third kappa shape index (κ3) is 21.4. The number of amides is 1. The molecule has 8 aromatic rings. The predicted molar refractivity (Wildman–Crippen MR) is 318 cm³/mol. The lowest BCUT2D eigenvalue weighted by Gasteiger charge is -2.25. The number of aliphatic hydroxyl groups is 3. The summed E-state index contributed by atoms with van der Waals surface area (Å²) < 4.78 is 40.1. The van der Waals surface area contributed by atoms with Crippen molar-refractivity contribution in [3.8, 4) is 33.6 Å². The molecule has 2 atom stereocenters. The number of carboxylic acid groups (broad SMARTS) is 1. The zero-order valence-electron chi connectivity index (χ0n) is 47.4. The number of aromatic amines is 2. The number of aliphatic hydroxyl groups excluding tert-OH is 3. The molecule has 456 valence electrons. The highest BCUT2D eigenvalue weighted by Crippen LogP contribution is 2.28. The van der Waals surface area contributed by atoms with E-state index in [0.29, 0.717) is 68.3 Å². The smallest absolute Gasteiger partial charge is 0.373 e. The lowest BCUT2D eigenvalue weighted by molar-refractivity contribution is -0.156. The van der Waals surface area contributed by atoms with Crippen LogP contribution in [0.1, 0.15) is 67.0 Å². The van der Waals surface area contributed by atoms with Crippen molar-refractivity contribution in [1.29, 1.82) is 0 Å². The van der Waals surface area contributed by atoms with E-state index in [0.717, 1.165) is 14.9 Å². The Morgan fingerprint density at radius 1 is 0.640 bits per heavy atom. The Morgan fingerprint density at radius 2 is 1.07 bits per heavy atom. The van der Waals surface area contributed by atoms with E-state index in [2.05, 4.69) is 25.6 Å². The molecule has 0 aliphatic carbocycles. The van der Waals surface area contributed by atoms with Gasteiger partial charge in [0.1, 0.15) is 11.6 Å². The maximum Gasteiger partial charge on any atom is 0.373 e. The van der Waals surface area contributed by atoms with Crippen LogP contribution in [0.2, 0.25) is 10.0 Å². The average molecular weight is 1230 g/mol. The number of carbonyl (C=O) groups is 4. The van der Waals surface area contributed by atoms with Crippen LogP contribution in [-0.2, 0) is 32.2 Å². The van der Waals surface area contributed by atoms with Crippen LogP contribution >= 0.6 is 23.2 Å². The molecule has 26 heteroatoms. The lowest BCUT2D eigenvalue weighted by atomic mass is 10.0. The van der Waals surface area contributed by atoms with Gasteiger partial charge in [-0.25, -0.2) is 42.8 Å². The van der Waals surface area contributed by atoms with Crippen LogP contribution in [0.3, 0.4) is 0 Å². The monoisotopic (exact) mass is 1230 g/mol. The van der Waals surface area contributed by atoms with Crippen molar-refractivity contribution >= 4 is 47.0 Å². The van der Waals surface area contributed by atoms with Crippen molar-refractivity contribution < 1.29 is 57.9 Å². The molecule has 2 heterocycles. The number of halogens is 4. The first-order valence-electron chi connectivity index (χ1n) is 26.6. The second kappa shape index (κ2) is 33.7. The number of aromatic carboxylic acids is 1. The Kier molecular flexibility index (Phi) is 26.7. The SMILES string of the molecule is CC(C)CO.CC(C)COC(=O)[C@H](O)CN(Cc1ccc(-c2cc(Cl)ccc2F)cc1)NC(=O)c1nn(-c2ccccc2)c(=O)[nH]1.CCOC(=O)[C@H](O)CN(N)Cc1ccc(-c2cc(Cl)ccc2F)cc1.O=C(O)c1nn(-c2ccccc2)c(=O)[nH]1. The molecular formula is C60H66Cl2F2N10O12. The molecule has 0 aliphatic rings. The average Bonchev–Trinajstić information content (AvgIpc) is 3.68. The lowest BCUT2D eigenvalue weighted by Crippen LogP contribution is -2.48. The summed E-state index contributed by atoms with van der Waals surface area (Å²) in [7, 11) is 0. The van der Waals surface area contributed by atoms with Crippen LogP contribution in [0.5, 0.6) is 0 Å². The summed E-state index contributed by atoms with van der Waals surface area (Å²) in [4.78, 5) is 75.6. The maximum absolute atomic E-state index is 14.3. The van der Waals surface area contributed by atoms with Crippen molar-refractivity contribution in [2.75, 3.05) is 32.9 Å². The van der Waals surface area contributed by atoms with E-state index in [1.165, 1.54) is 40.3 Å². The Morgan fingerprint density at radius 3 is 1.50 bits per heavy atom. The third-order valence-corrected chi connectivity index (χ3v) is 12.1. The second-order valence-electron chi connectivity index (χ2n) is 19.6. The Balaban J connectivity index is 0.000000252. The summed E-state index contributed by atoms with van der Waals surface area (Å²) in [5.41, 5.74) is 5.93. The van der Waals surface area contributed by atoms with E-state index in [4.69, 9.17) is 48.7 Å². The molecule has 0 fully saturated rings. The van der Waals surface area contributed by atoms with E-state index in [-0.39, 0.29) is 56.2 Å². The van der Waals surface area contributed by atoms with Gasteiger partial charge in [-0.05, 0) is 102 Å². The molecule has 6 aromatic carbocycles. The fourth-order valence-electron chi connectivity index (χ4n) is 7.38. The molecule has 2 aromatic heterocycles.